The Hall–Kier alpha value is -4.06. The Morgan fingerprint density at radius 3 is 2.59 bits per heavy atom. The van der Waals surface area contributed by atoms with Crippen LogP contribution in [0.25, 0.3) is 22.8 Å². The number of ether oxygens (including phenoxy) is 1. The molecule has 0 saturated heterocycles. The number of aromatic amines is 2. The van der Waals surface area contributed by atoms with Crippen molar-refractivity contribution in [2.24, 2.45) is 0 Å². The van der Waals surface area contributed by atoms with Crippen LogP contribution in [-0.2, 0) is 14.3 Å². The first-order valence-electron chi connectivity index (χ1n) is 9.31. The van der Waals surface area contributed by atoms with Gasteiger partial charge in [0.25, 0.3) is 5.91 Å². The largest absolute Gasteiger partial charge is 0.451 e. The standard InChI is InChI=1S/C20H16BrN7O4/c1-11-25-26-27-28(11)17(7-12-5-3-2-4-6-12)19(30)32-10-18(29)22-14-9-16-15(8-13(14)21)23-20(31)24-16/h2-9H,10H2,1H3,(H,22,29)(H2,23,24,31)/b17-7+. The van der Waals surface area contributed by atoms with Gasteiger partial charge in [0.1, 0.15) is 0 Å². The van der Waals surface area contributed by atoms with E-state index in [1.165, 1.54) is 4.68 Å². The van der Waals surface area contributed by atoms with Crippen molar-refractivity contribution < 1.29 is 14.3 Å². The number of imidazole rings is 1. The van der Waals surface area contributed by atoms with E-state index in [0.717, 1.165) is 5.56 Å². The Kier molecular flexibility index (Phi) is 5.94. The van der Waals surface area contributed by atoms with Gasteiger partial charge in [0.05, 0.1) is 16.7 Å². The van der Waals surface area contributed by atoms with Gasteiger partial charge < -0.3 is 20.0 Å². The monoisotopic (exact) mass is 497 g/mol. The van der Waals surface area contributed by atoms with E-state index in [0.29, 0.717) is 27.0 Å². The first-order chi connectivity index (χ1) is 15.4. The number of hydrogen-bond donors (Lipinski definition) is 3. The number of anilines is 1. The molecule has 0 bridgehead atoms. The molecular formula is C20H16BrN7O4. The third-order valence-electron chi connectivity index (χ3n) is 4.38. The molecular weight excluding hydrogens is 482 g/mol. The van der Waals surface area contributed by atoms with E-state index in [9.17, 15) is 14.4 Å². The maximum atomic E-state index is 12.8. The predicted octanol–water partition coefficient (Wildman–Crippen LogP) is 2.09. The van der Waals surface area contributed by atoms with E-state index in [-0.39, 0.29) is 11.4 Å². The van der Waals surface area contributed by atoms with Crippen molar-refractivity contribution >= 4 is 56.3 Å². The van der Waals surface area contributed by atoms with Crippen LogP contribution in [-0.4, -0.2) is 48.7 Å². The molecule has 162 valence electrons. The fraction of sp³-hybridized carbons (Fsp3) is 0.100. The zero-order valence-electron chi connectivity index (χ0n) is 16.6. The lowest BCUT2D eigenvalue weighted by molar-refractivity contribution is -0.141. The van der Waals surface area contributed by atoms with Gasteiger partial charge in [-0.1, -0.05) is 30.3 Å². The number of fused-ring (bicyclic) bond motifs is 1. The van der Waals surface area contributed by atoms with Crippen LogP contribution in [0.15, 0.2) is 51.7 Å². The van der Waals surface area contributed by atoms with Gasteiger partial charge >= 0.3 is 11.7 Å². The number of amides is 1. The fourth-order valence-corrected chi connectivity index (χ4v) is 3.35. The number of benzene rings is 2. The number of halogens is 1. The summed E-state index contributed by atoms with van der Waals surface area (Å²) in [5, 5.41) is 13.8. The highest BCUT2D eigenvalue weighted by Crippen LogP contribution is 2.26. The second-order valence-electron chi connectivity index (χ2n) is 6.66. The van der Waals surface area contributed by atoms with Gasteiger partial charge in [0, 0.05) is 4.47 Å². The number of carbonyl (C=O) groups excluding carboxylic acids is 2. The van der Waals surface area contributed by atoms with Crippen LogP contribution in [0.4, 0.5) is 5.69 Å². The highest BCUT2D eigenvalue weighted by Gasteiger charge is 2.19. The molecule has 11 nitrogen and oxygen atoms in total. The van der Waals surface area contributed by atoms with Gasteiger partial charge in [-0.15, -0.1) is 5.10 Å². The molecule has 12 heteroatoms. The molecule has 2 heterocycles. The lowest BCUT2D eigenvalue weighted by atomic mass is 10.2. The molecule has 1 amide bonds. The van der Waals surface area contributed by atoms with E-state index in [4.69, 9.17) is 4.74 Å². The summed E-state index contributed by atoms with van der Waals surface area (Å²) in [6.07, 6.45) is 1.57. The average Bonchev–Trinajstić information content (AvgIpc) is 3.35. The molecule has 0 spiro atoms. The second kappa shape index (κ2) is 8.98. The van der Waals surface area contributed by atoms with E-state index in [1.54, 1.807) is 37.3 Å². The Labute approximate surface area is 188 Å². The molecule has 2 aromatic carbocycles. The molecule has 0 saturated carbocycles. The Bertz CT molecular complexity index is 1390. The Balaban J connectivity index is 1.49. The smallest absolute Gasteiger partial charge is 0.357 e. The summed E-state index contributed by atoms with van der Waals surface area (Å²) >= 11 is 3.34. The van der Waals surface area contributed by atoms with Gasteiger partial charge in [0.15, 0.2) is 18.1 Å². The summed E-state index contributed by atoms with van der Waals surface area (Å²) in [5.74, 6) is -0.959. The molecule has 3 N–H and O–H groups in total. The fourth-order valence-electron chi connectivity index (χ4n) is 2.91. The molecule has 4 aromatic rings. The van der Waals surface area contributed by atoms with Crippen molar-refractivity contribution in [3.8, 4) is 0 Å². The number of hydrogen-bond acceptors (Lipinski definition) is 7. The molecule has 0 radical (unpaired) electrons. The number of aryl methyl sites for hydroxylation is 1. The Morgan fingerprint density at radius 1 is 1.19 bits per heavy atom. The van der Waals surface area contributed by atoms with Crippen molar-refractivity contribution in [2.45, 2.75) is 6.92 Å². The van der Waals surface area contributed by atoms with Gasteiger partial charge in [0.2, 0.25) is 0 Å². The normalized spacial score (nSPS) is 11.5. The number of esters is 1. The number of aromatic nitrogens is 6. The van der Waals surface area contributed by atoms with Crippen LogP contribution in [0.5, 0.6) is 0 Å². The average molecular weight is 498 g/mol. The molecule has 0 aliphatic rings. The maximum absolute atomic E-state index is 12.8. The van der Waals surface area contributed by atoms with Crippen LogP contribution in [0.1, 0.15) is 11.4 Å². The molecule has 0 aliphatic heterocycles. The van der Waals surface area contributed by atoms with E-state index in [2.05, 4.69) is 46.7 Å². The van der Waals surface area contributed by atoms with Crippen molar-refractivity contribution in [1.82, 2.24) is 30.2 Å². The van der Waals surface area contributed by atoms with E-state index < -0.39 is 18.5 Å². The summed E-state index contributed by atoms with van der Waals surface area (Å²) in [5.41, 5.74) is 1.94. The zero-order valence-corrected chi connectivity index (χ0v) is 18.2. The zero-order chi connectivity index (χ0) is 22.7. The number of carbonyl (C=O) groups is 2. The summed E-state index contributed by atoms with van der Waals surface area (Å²) in [6, 6.07) is 12.3. The molecule has 4 rings (SSSR count). The molecule has 0 atom stereocenters. The van der Waals surface area contributed by atoms with Gasteiger partial charge in [-0.05, 0) is 57.1 Å². The van der Waals surface area contributed by atoms with Gasteiger partial charge in [-0.2, -0.15) is 4.68 Å². The molecule has 2 aromatic heterocycles. The summed E-state index contributed by atoms with van der Waals surface area (Å²) < 4.78 is 6.99. The predicted molar refractivity (Wildman–Crippen MR) is 119 cm³/mol. The van der Waals surface area contributed by atoms with Gasteiger partial charge in [-0.25, -0.2) is 9.59 Å². The quantitative estimate of drug-likeness (QED) is 0.272. The van der Waals surface area contributed by atoms with Crippen molar-refractivity contribution in [2.75, 3.05) is 11.9 Å². The number of tetrazole rings is 1. The number of nitrogens with zero attached hydrogens (tertiary/aromatic N) is 4. The summed E-state index contributed by atoms with van der Waals surface area (Å²) in [6.45, 7) is 1.10. The number of nitrogens with one attached hydrogen (secondary N) is 3. The van der Waals surface area contributed by atoms with Crippen LogP contribution in [0.3, 0.4) is 0 Å². The minimum Gasteiger partial charge on any atom is -0.451 e. The first kappa shape index (κ1) is 21.2. The van der Waals surface area contributed by atoms with Crippen LogP contribution >= 0.6 is 15.9 Å². The van der Waals surface area contributed by atoms with Crippen LogP contribution in [0, 0.1) is 6.92 Å². The Morgan fingerprint density at radius 2 is 1.91 bits per heavy atom. The molecule has 32 heavy (non-hydrogen) atoms. The van der Waals surface area contributed by atoms with Gasteiger partial charge in [-0.3, -0.25) is 4.79 Å². The van der Waals surface area contributed by atoms with Crippen LogP contribution < -0.4 is 11.0 Å². The maximum Gasteiger partial charge on any atom is 0.357 e. The SMILES string of the molecule is Cc1nnnn1/C(=C/c1ccccc1)C(=O)OCC(=O)Nc1cc2[nH]c(=O)[nH]c2cc1Br. The summed E-state index contributed by atoms with van der Waals surface area (Å²) in [4.78, 5) is 41.8. The minimum absolute atomic E-state index is 0.0546. The highest BCUT2D eigenvalue weighted by atomic mass is 79.9. The lowest BCUT2D eigenvalue weighted by Gasteiger charge is -2.10. The third kappa shape index (κ3) is 4.64. The number of H-pyrrole nitrogens is 2. The van der Waals surface area contributed by atoms with Crippen molar-refractivity contribution in [3.63, 3.8) is 0 Å². The lowest BCUT2D eigenvalue weighted by Crippen LogP contribution is -2.23. The summed E-state index contributed by atoms with van der Waals surface area (Å²) in [7, 11) is 0. The molecule has 0 unspecified atom stereocenters. The molecule has 0 fully saturated rings. The minimum atomic E-state index is -0.774. The highest BCUT2D eigenvalue weighted by molar-refractivity contribution is 9.10. The van der Waals surface area contributed by atoms with Crippen molar-refractivity contribution in [1.29, 1.82) is 0 Å². The van der Waals surface area contributed by atoms with Crippen molar-refractivity contribution in [3.05, 3.63) is 68.8 Å². The topological polar surface area (TPSA) is 148 Å². The number of rotatable bonds is 6. The second-order valence-corrected chi connectivity index (χ2v) is 7.51. The van der Waals surface area contributed by atoms with Crippen LogP contribution in [0.2, 0.25) is 0 Å². The molecule has 0 aliphatic carbocycles. The first-order valence-corrected chi connectivity index (χ1v) is 10.1. The van der Waals surface area contributed by atoms with E-state index in [1.807, 2.05) is 18.2 Å². The van der Waals surface area contributed by atoms with E-state index >= 15 is 0 Å². The third-order valence-corrected chi connectivity index (χ3v) is 5.03.